The van der Waals surface area contributed by atoms with Crippen LogP contribution in [-0.2, 0) is 0 Å². The number of hydrogen-bond acceptors (Lipinski definition) is 1. The van der Waals surface area contributed by atoms with Gasteiger partial charge < -0.3 is 4.74 Å². The van der Waals surface area contributed by atoms with E-state index in [4.69, 9.17) is 4.74 Å². The second-order valence-corrected chi connectivity index (χ2v) is 7.30. The Morgan fingerprint density at radius 1 is 0.952 bits per heavy atom. The van der Waals surface area contributed by atoms with Crippen LogP contribution < -0.4 is 4.74 Å². The molecule has 2 rings (SSSR count). The van der Waals surface area contributed by atoms with E-state index in [1.54, 1.807) is 7.11 Å². The first-order valence-electron chi connectivity index (χ1n) is 6.91. The van der Waals surface area contributed by atoms with E-state index in [1.807, 2.05) is 0 Å². The quantitative estimate of drug-likeness (QED) is 0.548. The number of methoxy groups -OCH3 is 1. The minimum atomic E-state index is 0.113. The number of hydrogen-bond donors (Lipinski definition) is 0. The molecule has 0 fully saturated rings. The number of halogens is 2. The zero-order chi connectivity index (χ0) is 15.7. The largest absolute Gasteiger partial charge is 0.496 e. The second-order valence-electron chi connectivity index (χ2n) is 5.53. The standard InChI is InChI=1S/C18H20Br2O/c1-10-6-11(2)8-14(7-10)17(20)16-13(4)15(19)9-12(3)18(16)21-5/h6-9,17H,1-5H3. The predicted molar refractivity (Wildman–Crippen MR) is 96.9 cm³/mol. The van der Waals surface area contributed by atoms with E-state index in [-0.39, 0.29) is 4.83 Å². The van der Waals surface area contributed by atoms with E-state index in [9.17, 15) is 0 Å². The highest BCUT2D eigenvalue weighted by molar-refractivity contribution is 9.10. The van der Waals surface area contributed by atoms with Crippen LogP contribution in [0.3, 0.4) is 0 Å². The third kappa shape index (κ3) is 3.35. The summed E-state index contributed by atoms with van der Waals surface area (Å²) in [6, 6.07) is 8.75. The summed E-state index contributed by atoms with van der Waals surface area (Å²) in [5.74, 6) is 0.955. The fourth-order valence-electron chi connectivity index (χ4n) is 2.77. The minimum Gasteiger partial charge on any atom is -0.496 e. The monoisotopic (exact) mass is 410 g/mol. The van der Waals surface area contributed by atoms with Gasteiger partial charge in [0, 0.05) is 10.0 Å². The van der Waals surface area contributed by atoms with E-state index in [2.05, 4.69) is 83.8 Å². The molecule has 21 heavy (non-hydrogen) atoms. The molecule has 0 heterocycles. The molecule has 0 bridgehead atoms. The lowest BCUT2D eigenvalue weighted by Gasteiger charge is -2.21. The Morgan fingerprint density at radius 3 is 2.05 bits per heavy atom. The molecule has 0 aromatic heterocycles. The summed E-state index contributed by atoms with van der Waals surface area (Å²) in [4.78, 5) is 0.113. The van der Waals surface area contributed by atoms with Crippen LogP contribution in [0.2, 0.25) is 0 Å². The molecule has 0 amide bonds. The fraction of sp³-hybridized carbons (Fsp3) is 0.333. The van der Waals surface area contributed by atoms with Crippen LogP contribution >= 0.6 is 31.9 Å². The molecule has 1 atom stereocenters. The molecule has 1 nitrogen and oxygen atoms in total. The van der Waals surface area contributed by atoms with Crippen molar-refractivity contribution in [1.82, 2.24) is 0 Å². The summed E-state index contributed by atoms with van der Waals surface area (Å²) >= 11 is 7.53. The maximum Gasteiger partial charge on any atom is 0.126 e. The Hall–Kier alpha value is -0.800. The Bertz CT molecular complexity index is 657. The number of ether oxygens (including phenoxy) is 1. The van der Waals surface area contributed by atoms with Crippen LogP contribution in [0.1, 0.15) is 38.2 Å². The zero-order valence-electron chi connectivity index (χ0n) is 13.1. The molecule has 0 N–H and O–H groups in total. The van der Waals surface area contributed by atoms with E-state index < -0.39 is 0 Å². The lowest BCUT2D eigenvalue weighted by Crippen LogP contribution is -2.03. The van der Waals surface area contributed by atoms with Gasteiger partial charge in [-0.25, -0.2) is 0 Å². The van der Waals surface area contributed by atoms with Crippen LogP contribution in [-0.4, -0.2) is 7.11 Å². The molecule has 0 aliphatic carbocycles. The van der Waals surface area contributed by atoms with Gasteiger partial charge in [-0.1, -0.05) is 61.2 Å². The van der Waals surface area contributed by atoms with Crippen molar-refractivity contribution in [2.45, 2.75) is 32.5 Å². The van der Waals surface area contributed by atoms with Crippen molar-refractivity contribution in [2.75, 3.05) is 7.11 Å². The Morgan fingerprint density at radius 2 is 1.52 bits per heavy atom. The molecule has 112 valence electrons. The highest BCUT2D eigenvalue weighted by Crippen LogP contribution is 2.43. The van der Waals surface area contributed by atoms with Gasteiger partial charge in [0.1, 0.15) is 5.75 Å². The lowest BCUT2D eigenvalue weighted by molar-refractivity contribution is 0.406. The van der Waals surface area contributed by atoms with Crippen LogP contribution in [0.5, 0.6) is 5.75 Å². The summed E-state index contributed by atoms with van der Waals surface area (Å²) in [5.41, 5.74) is 7.34. The Labute approximate surface area is 144 Å². The zero-order valence-corrected chi connectivity index (χ0v) is 16.2. The van der Waals surface area contributed by atoms with Gasteiger partial charge in [0.25, 0.3) is 0 Å². The van der Waals surface area contributed by atoms with E-state index in [0.717, 1.165) is 15.8 Å². The molecule has 0 spiro atoms. The van der Waals surface area contributed by atoms with Crippen molar-refractivity contribution in [3.63, 3.8) is 0 Å². The number of benzene rings is 2. The highest BCUT2D eigenvalue weighted by atomic mass is 79.9. The second kappa shape index (κ2) is 6.53. The smallest absolute Gasteiger partial charge is 0.126 e. The average molecular weight is 412 g/mol. The normalized spacial score (nSPS) is 12.3. The molecule has 1 unspecified atom stereocenters. The van der Waals surface area contributed by atoms with E-state index >= 15 is 0 Å². The van der Waals surface area contributed by atoms with Crippen LogP contribution in [0.25, 0.3) is 0 Å². The third-order valence-electron chi connectivity index (χ3n) is 3.70. The molecule has 2 aromatic carbocycles. The van der Waals surface area contributed by atoms with Crippen LogP contribution in [0.4, 0.5) is 0 Å². The summed E-state index contributed by atoms with van der Waals surface area (Å²) in [7, 11) is 1.74. The van der Waals surface area contributed by atoms with Gasteiger partial charge in [-0.2, -0.15) is 0 Å². The average Bonchev–Trinajstić information content (AvgIpc) is 2.40. The maximum atomic E-state index is 5.66. The number of aryl methyl sites for hydroxylation is 3. The van der Waals surface area contributed by atoms with Gasteiger partial charge in [-0.15, -0.1) is 0 Å². The van der Waals surface area contributed by atoms with Gasteiger partial charge >= 0.3 is 0 Å². The molecule has 0 radical (unpaired) electrons. The van der Waals surface area contributed by atoms with E-state index in [1.165, 1.54) is 27.8 Å². The highest BCUT2D eigenvalue weighted by Gasteiger charge is 2.21. The molecule has 0 saturated heterocycles. The topological polar surface area (TPSA) is 9.23 Å². The van der Waals surface area contributed by atoms with Gasteiger partial charge in [-0.3, -0.25) is 0 Å². The van der Waals surface area contributed by atoms with E-state index in [0.29, 0.717) is 0 Å². The molecule has 0 aliphatic rings. The predicted octanol–water partition coefficient (Wildman–Crippen LogP) is 6.18. The van der Waals surface area contributed by atoms with Crippen molar-refractivity contribution in [3.05, 3.63) is 62.1 Å². The van der Waals surface area contributed by atoms with Crippen molar-refractivity contribution in [1.29, 1.82) is 0 Å². The first kappa shape index (κ1) is 16.6. The summed E-state index contributed by atoms with van der Waals surface area (Å²) in [6.07, 6.45) is 0. The summed E-state index contributed by atoms with van der Waals surface area (Å²) < 4.78 is 6.78. The maximum absolute atomic E-state index is 5.66. The third-order valence-corrected chi connectivity index (χ3v) is 5.51. The van der Waals surface area contributed by atoms with Gasteiger partial charge in [0.15, 0.2) is 0 Å². The van der Waals surface area contributed by atoms with Gasteiger partial charge in [-0.05, 0) is 50.5 Å². The molecule has 2 aromatic rings. The van der Waals surface area contributed by atoms with Crippen molar-refractivity contribution < 1.29 is 4.74 Å². The Kier molecular flexibility index (Phi) is 5.15. The summed E-state index contributed by atoms with van der Waals surface area (Å²) in [5, 5.41) is 0. The number of alkyl halides is 1. The van der Waals surface area contributed by atoms with Gasteiger partial charge in [0.05, 0.1) is 11.9 Å². The number of rotatable bonds is 3. The Balaban J connectivity index is 2.64. The lowest BCUT2D eigenvalue weighted by atomic mass is 9.95. The molecule has 0 aliphatic heterocycles. The van der Waals surface area contributed by atoms with Gasteiger partial charge in [0.2, 0.25) is 0 Å². The van der Waals surface area contributed by atoms with Crippen LogP contribution in [0.15, 0.2) is 28.7 Å². The fourth-order valence-corrected chi connectivity index (χ4v) is 4.15. The molecular formula is C18H20Br2O. The first-order valence-corrected chi connectivity index (χ1v) is 8.61. The minimum absolute atomic E-state index is 0.113. The first-order chi connectivity index (χ1) is 9.85. The van der Waals surface area contributed by atoms with Crippen molar-refractivity contribution in [2.24, 2.45) is 0 Å². The van der Waals surface area contributed by atoms with Crippen molar-refractivity contribution >= 4 is 31.9 Å². The SMILES string of the molecule is COc1c(C)cc(Br)c(C)c1C(Br)c1cc(C)cc(C)c1. The molecule has 0 saturated carbocycles. The molecule has 3 heteroatoms. The molecular weight excluding hydrogens is 392 g/mol. The van der Waals surface area contributed by atoms with Crippen LogP contribution in [0, 0.1) is 27.7 Å². The summed E-state index contributed by atoms with van der Waals surface area (Å²) in [6.45, 7) is 8.46. The van der Waals surface area contributed by atoms with Crippen molar-refractivity contribution in [3.8, 4) is 5.75 Å².